The van der Waals surface area contributed by atoms with Gasteiger partial charge in [-0.1, -0.05) is 0 Å². The van der Waals surface area contributed by atoms with E-state index in [1.807, 2.05) is 0 Å². The van der Waals surface area contributed by atoms with Gasteiger partial charge in [-0.05, 0) is 15.9 Å². The highest BCUT2D eigenvalue weighted by Gasteiger charge is 2.19. The number of aliphatic hydroxyl groups excluding tert-OH is 1. The largest absolute Gasteiger partial charge is 0.495 e. The van der Waals surface area contributed by atoms with E-state index in [4.69, 9.17) is 9.84 Å². The summed E-state index contributed by atoms with van der Waals surface area (Å²) in [4.78, 5) is 14.3. The summed E-state index contributed by atoms with van der Waals surface area (Å²) in [6.45, 7) is 0. The van der Waals surface area contributed by atoms with E-state index in [0.717, 1.165) is 0 Å². The van der Waals surface area contributed by atoms with Crippen LogP contribution in [0.3, 0.4) is 0 Å². The molecule has 0 aliphatic carbocycles. The second-order valence-electron chi connectivity index (χ2n) is 2.85. The monoisotopic (exact) mass is 275 g/mol. The van der Waals surface area contributed by atoms with Gasteiger partial charge in [0.25, 0.3) is 0 Å². The van der Waals surface area contributed by atoms with Crippen LogP contribution >= 0.6 is 15.9 Å². The molecule has 2 N–H and O–H groups in total. The molecule has 82 valence electrons. The average Bonchev–Trinajstić information content (AvgIpc) is 2.15. The molecular formula is C9H10BrNO4. The minimum atomic E-state index is -1.12. The fourth-order valence-electron chi connectivity index (χ4n) is 1.18. The van der Waals surface area contributed by atoms with Crippen molar-refractivity contribution in [1.29, 1.82) is 0 Å². The van der Waals surface area contributed by atoms with Crippen molar-refractivity contribution in [1.82, 2.24) is 4.98 Å². The van der Waals surface area contributed by atoms with Crippen LogP contribution in [0.25, 0.3) is 0 Å². The third-order valence-electron chi connectivity index (χ3n) is 1.82. The zero-order chi connectivity index (χ0) is 11.4. The SMILES string of the molecule is COc1cncc(Br)c1[C@H](O)CC(=O)O. The van der Waals surface area contributed by atoms with Crippen LogP contribution in [0.1, 0.15) is 18.1 Å². The predicted molar refractivity (Wildman–Crippen MR) is 55.7 cm³/mol. The number of methoxy groups -OCH3 is 1. The van der Waals surface area contributed by atoms with Crippen molar-refractivity contribution in [2.75, 3.05) is 7.11 Å². The number of carboxylic acid groups (broad SMARTS) is 1. The van der Waals surface area contributed by atoms with Crippen molar-refractivity contribution in [2.45, 2.75) is 12.5 Å². The van der Waals surface area contributed by atoms with E-state index in [2.05, 4.69) is 20.9 Å². The quantitative estimate of drug-likeness (QED) is 0.868. The minimum absolute atomic E-state index is 0.359. The van der Waals surface area contributed by atoms with Crippen molar-refractivity contribution in [2.24, 2.45) is 0 Å². The number of halogens is 1. The van der Waals surface area contributed by atoms with Gasteiger partial charge in [0.2, 0.25) is 0 Å². The Morgan fingerprint density at radius 2 is 2.33 bits per heavy atom. The van der Waals surface area contributed by atoms with Crippen LogP contribution in [-0.2, 0) is 4.79 Å². The molecular weight excluding hydrogens is 266 g/mol. The number of ether oxygens (including phenoxy) is 1. The number of hydrogen-bond donors (Lipinski definition) is 2. The van der Waals surface area contributed by atoms with E-state index in [-0.39, 0.29) is 6.42 Å². The average molecular weight is 276 g/mol. The first kappa shape index (κ1) is 11.9. The molecule has 0 aliphatic rings. The zero-order valence-electron chi connectivity index (χ0n) is 7.98. The number of aliphatic carboxylic acids is 1. The molecule has 1 aromatic rings. The van der Waals surface area contributed by atoms with Gasteiger partial charge in [0, 0.05) is 16.2 Å². The Balaban J connectivity index is 3.05. The molecule has 1 rings (SSSR count). The summed E-state index contributed by atoms with van der Waals surface area (Å²) in [6, 6.07) is 0. The smallest absolute Gasteiger partial charge is 0.306 e. The molecule has 0 aliphatic heterocycles. The predicted octanol–water partition coefficient (Wildman–Crippen LogP) is 1.36. The Hall–Kier alpha value is -1.14. The Bertz CT molecular complexity index is 369. The maximum atomic E-state index is 10.5. The molecule has 5 nitrogen and oxygen atoms in total. The van der Waals surface area contributed by atoms with Crippen LogP contribution in [-0.4, -0.2) is 28.3 Å². The summed E-state index contributed by atoms with van der Waals surface area (Å²) in [7, 11) is 1.43. The number of carboxylic acids is 1. The molecule has 0 saturated carbocycles. The molecule has 0 aromatic carbocycles. The van der Waals surface area contributed by atoms with Gasteiger partial charge in [-0.15, -0.1) is 0 Å². The lowest BCUT2D eigenvalue weighted by Crippen LogP contribution is -2.08. The third-order valence-corrected chi connectivity index (χ3v) is 2.46. The van der Waals surface area contributed by atoms with Crippen LogP contribution in [0.15, 0.2) is 16.9 Å². The number of hydrogen-bond acceptors (Lipinski definition) is 4. The van der Waals surface area contributed by atoms with Gasteiger partial charge < -0.3 is 14.9 Å². The van der Waals surface area contributed by atoms with Gasteiger partial charge in [-0.25, -0.2) is 0 Å². The maximum Gasteiger partial charge on any atom is 0.306 e. The van der Waals surface area contributed by atoms with Gasteiger partial charge in [-0.2, -0.15) is 0 Å². The zero-order valence-corrected chi connectivity index (χ0v) is 9.56. The second kappa shape index (κ2) is 5.09. The lowest BCUT2D eigenvalue weighted by atomic mass is 10.1. The molecule has 0 spiro atoms. The highest BCUT2D eigenvalue weighted by atomic mass is 79.9. The molecule has 0 fully saturated rings. The first-order chi connectivity index (χ1) is 7.06. The van der Waals surface area contributed by atoms with E-state index in [1.54, 1.807) is 0 Å². The fraction of sp³-hybridized carbons (Fsp3) is 0.333. The molecule has 0 radical (unpaired) electrons. The Morgan fingerprint density at radius 3 is 2.87 bits per heavy atom. The Labute approximate surface area is 94.8 Å². The van der Waals surface area contributed by atoms with Crippen LogP contribution < -0.4 is 4.74 Å². The summed E-state index contributed by atoms with van der Waals surface area (Å²) in [5, 5.41) is 18.2. The molecule has 1 aromatic heterocycles. The summed E-state index contributed by atoms with van der Waals surface area (Å²) >= 11 is 3.18. The first-order valence-corrected chi connectivity index (χ1v) is 4.92. The number of nitrogens with zero attached hydrogens (tertiary/aromatic N) is 1. The van der Waals surface area contributed by atoms with Crippen molar-refractivity contribution in [3.8, 4) is 5.75 Å². The molecule has 15 heavy (non-hydrogen) atoms. The van der Waals surface area contributed by atoms with Gasteiger partial charge >= 0.3 is 5.97 Å². The fourth-order valence-corrected chi connectivity index (χ4v) is 1.76. The lowest BCUT2D eigenvalue weighted by Gasteiger charge is -2.14. The molecule has 0 bridgehead atoms. The van der Waals surface area contributed by atoms with Gasteiger partial charge in [0.05, 0.1) is 25.8 Å². The number of pyridine rings is 1. The maximum absolute atomic E-state index is 10.5. The highest BCUT2D eigenvalue weighted by molar-refractivity contribution is 9.10. The molecule has 6 heteroatoms. The molecule has 0 unspecified atom stereocenters. The van der Waals surface area contributed by atoms with Crippen molar-refractivity contribution in [3.63, 3.8) is 0 Å². The lowest BCUT2D eigenvalue weighted by molar-refractivity contribution is -0.139. The van der Waals surface area contributed by atoms with E-state index >= 15 is 0 Å². The standard InChI is InChI=1S/C9H10BrNO4/c1-15-7-4-11-3-5(10)9(7)6(12)2-8(13)14/h3-4,6,12H,2H2,1H3,(H,13,14)/t6-/m1/s1. The van der Waals surface area contributed by atoms with Gasteiger partial charge in [0.1, 0.15) is 5.75 Å². The molecule has 0 saturated heterocycles. The third kappa shape index (κ3) is 2.90. The number of rotatable bonds is 4. The van der Waals surface area contributed by atoms with E-state index < -0.39 is 12.1 Å². The van der Waals surface area contributed by atoms with Crippen LogP contribution in [0, 0.1) is 0 Å². The highest BCUT2D eigenvalue weighted by Crippen LogP contribution is 2.32. The van der Waals surface area contributed by atoms with Crippen molar-refractivity contribution < 1.29 is 19.7 Å². The minimum Gasteiger partial charge on any atom is -0.495 e. The van der Waals surface area contributed by atoms with E-state index in [9.17, 15) is 9.90 Å². The second-order valence-corrected chi connectivity index (χ2v) is 3.71. The van der Waals surface area contributed by atoms with Crippen molar-refractivity contribution >= 4 is 21.9 Å². The number of aromatic nitrogens is 1. The summed E-state index contributed by atoms with van der Waals surface area (Å²) in [6.07, 6.45) is 1.40. The summed E-state index contributed by atoms with van der Waals surface area (Å²) in [5.41, 5.74) is 0.398. The summed E-state index contributed by atoms with van der Waals surface area (Å²) in [5.74, 6) is -0.716. The molecule has 0 amide bonds. The van der Waals surface area contributed by atoms with E-state index in [0.29, 0.717) is 15.8 Å². The van der Waals surface area contributed by atoms with Crippen LogP contribution in [0.4, 0.5) is 0 Å². The van der Waals surface area contributed by atoms with Crippen LogP contribution in [0.2, 0.25) is 0 Å². The normalized spacial score (nSPS) is 12.2. The van der Waals surface area contributed by atoms with Crippen molar-refractivity contribution in [3.05, 3.63) is 22.4 Å². The van der Waals surface area contributed by atoms with Gasteiger partial charge in [0.15, 0.2) is 0 Å². The number of aliphatic hydroxyl groups is 1. The molecule has 1 heterocycles. The topological polar surface area (TPSA) is 79.7 Å². The van der Waals surface area contributed by atoms with Gasteiger partial charge in [-0.3, -0.25) is 9.78 Å². The first-order valence-electron chi connectivity index (χ1n) is 4.13. The molecule has 1 atom stereocenters. The Kier molecular flexibility index (Phi) is 4.05. The van der Waals surface area contributed by atoms with E-state index in [1.165, 1.54) is 19.5 Å². The Morgan fingerprint density at radius 1 is 1.67 bits per heavy atom. The summed E-state index contributed by atoms with van der Waals surface area (Å²) < 4.78 is 5.51. The number of carbonyl (C=O) groups is 1. The van der Waals surface area contributed by atoms with Crippen LogP contribution in [0.5, 0.6) is 5.75 Å².